The Morgan fingerprint density at radius 2 is 1.82 bits per heavy atom. The van der Waals surface area contributed by atoms with Crippen LogP contribution in [0.4, 0.5) is 13.2 Å². The van der Waals surface area contributed by atoms with Crippen LogP contribution in [0.1, 0.15) is 95.4 Å². The maximum absolute atomic E-state index is 14.4. The van der Waals surface area contributed by atoms with Crippen molar-refractivity contribution in [2.75, 3.05) is 7.11 Å². The van der Waals surface area contributed by atoms with Gasteiger partial charge in [-0.05, 0) is 74.6 Å². The van der Waals surface area contributed by atoms with Gasteiger partial charge in [0.15, 0.2) is 0 Å². The van der Waals surface area contributed by atoms with Crippen LogP contribution in [0.5, 0.6) is 11.8 Å². The molecular formula is C33H42F3N3O6. The third-order valence-corrected chi connectivity index (χ3v) is 9.41. The first-order chi connectivity index (χ1) is 21.1. The van der Waals surface area contributed by atoms with E-state index in [0.29, 0.717) is 17.4 Å². The molecule has 4 atom stereocenters. The number of alkyl halides is 3. The Morgan fingerprint density at radius 3 is 2.33 bits per heavy atom. The fourth-order valence-electron chi connectivity index (χ4n) is 6.79. The van der Waals surface area contributed by atoms with E-state index >= 15 is 0 Å². The first kappa shape index (κ1) is 33.0. The zero-order valence-electron chi connectivity index (χ0n) is 26.6. The van der Waals surface area contributed by atoms with Crippen molar-refractivity contribution in [2.45, 2.75) is 110 Å². The fourth-order valence-corrected chi connectivity index (χ4v) is 6.79. The van der Waals surface area contributed by atoms with Crippen molar-refractivity contribution in [1.82, 2.24) is 14.9 Å². The molecule has 5 rings (SSSR count). The summed E-state index contributed by atoms with van der Waals surface area (Å²) in [5.41, 5.74) is -1.51. The van der Waals surface area contributed by atoms with Gasteiger partial charge in [0.25, 0.3) is 0 Å². The summed E-state index contributed by atoms with van der Waals surface area (Å²) in [4.78, 5) is 37.0. The molecule has 3 fully saturated rings. The summed E-state index contributed by atoms with van der Waals surface area (Å²) < 4.78 is 61.4. The normalized spacial score (nSPS) is 24.8. The van der Waals surface area contributed by atoms with Crippen molar-refractivity contribution in [2.24, 2.45) is 16.7 Å². The maximum atomic E-state index is 14.4. The molecule has 0 unspecified atom stereocenters. The van der Waals surface area contributed by atoms with Gasteiger partial charge in [-0.1, -0.05) is 27.2 Å². The minimum atomic E-state index is -4.85. The SMILES string of the molecule is COc1ncc(C2CCC2)cc1CO[C@H]1[C@H](C(C)(C)C)[C@@H](C(=O)O)N(C(=O)C2(C(F)(F)F)CC2)[C@H]1c1cccnc1OC(C)C. The third-order valence-electron chi connectivity index (χ3n) is 9.41. The average Bonchev–Trinajstić information content (AvgIpc) is 3.67. The van der Waals surface area contributed by atoms with Crippen molar-refractivity contribution < 1.29 is 42.1 Å². The number of carboxylic acid groups (broad SMARTS) is 1. The molecule has 45 heavy (non-hydrogen) atoms. The first-order valence-corrected chi connectivity index (χ1v) is 15.5. The Labute approximate surface area is 261 Å². The number of nitrogens with zero attached hydrogens (tertiary/aromatic N) is 3. The lowest BCUT2D eigenvalue weighted by atomic mass is 9.73. The number of hydrogen-bond acceptors (Lipinski definition) is 7. The van der Waals surface area contributed by atoms with Gasteiger partial charge in [-0.25, -0.2) is 14.8 Å². The highest BCUT2D eigenvalue weighted by molar-refractivity contribution is 5.91. The number of aliphatic carboxylic acids is 1. The molecular weight excluding hydrogens is 591 g/mol. The average molecular weight is 634 g/mol. The molecule has 3 heterocycles. The van der Waals surface area contributed by atoms with Crippen LogP contribution in [0.2, 0.25) is 0 Å². The van der Waals surface area contributed by atoms with Crippen molar-refractivity contribution >= 4 is 11.9 Å². The number of pyridine rings is 2. The summed E-state index contributed by atoms with van der Waals surface area (Å²) in [7, 11) is 1.49. The topological polar surface area (TPSA) is 111 Å². The van der Waals surface area contributed by atoms with Crippen LogP contribution in [0.25, 0.3) is 0 Å². The van der Waals surface area contributed by atoms with Gasteiger partial charge in [-0.15, -0.1) is 0 Å². The minimum Gasteiger partial charge on any atom is -0.481 e. The highest BCUT2D eigenvalue weighted by Gasteiger charge is 2.72. The Balaban J connectivity index is 1.66. The van der Waals surface area contributed by atoms with E-state index in [9.17, 15) is 27.9 Å². The second-order valence-electron chi connectivity index (χ2n) is 13.8. The van der Waals surface area contributed by atoms with E-state index in [1.165, 1.54) is 13.3 Å². The molecule has 0 bridgehead atoms. The van der Waals surface area contributed by atoms with Gasteiger partial charge in [-0.2, -0.15) is 13.2 Å². The zero-order valence-corrected chi connectivity index (χ0v) is 26.6. The van der Waals surface area contributed by atoms with Crippen molar-refractivity contribution in [3.05, 3.63) is 47.3 Å². The van der Waals surface area contributed by atoms with E-state index in [0.717, 1.165) is 29.7 Å². The molecule has 246 valence electrons. The van der Waals surface area contributed by atoms with Gasteiger partial charge in [0.1, 0.15) is 11.5 Å². The number of methoxy groups -OCH3 is 1. The molecule has 1 saturated heterocycles. The molecule has 2 saturated carbocycles. The van der Waals surface area contributed by atoms with Gasteiger partial charge in [-0.3, -0.25) is 4.79 Å². The molecule has 0 radical (unpaired) electrons. The smallest absolute Gasteiger partial charge is 0.403 e. The molecule has 9 nitrogen and oxygen atoms in total. The zero-order chi connectivity index (χ0) is 32.9. The minimum absolute atomic E-state index is 0.0656. The molecule has 2 aliphatic carbocycles. The van der Waals surface area contributed by atoms with Crippen LogP contribution in [0, 0.1) is 16.7 Å². The number of hydrogen-bond donors (Lipinski definition) is 1. The van der Waals surface area contributed by atoms with Crippen LogP contribution in [0.3, 0.4) is 0 Å². The van der Waals surface area contributed by atoms with E-state index in [1.54, 1.807) is 52.9 Å². The Hall–Kier alpha value is -3.41. The van der Waals surface area contributed by atoms with Gasteiger partial charge in [0, 0.05) is 29.4 Å². The number of aromatic nitrogens is 2. The summed E-state index contributed by atoms with van der Waals surface area (Å²) in [6, 6.07) is 2.32. The lowest BCUT2D eigenvalue weighted by Gasteiger charge is -2.35. The number of carbonyl (C=O) groups excluding carboxylic acids is 1. The van der Waals surface area contributed by atoms with E-state index in [1.807, 2.05) is 6.07 Å². The van der Waals surface area contributed by atoms with Crippen LogP contribution in [-0.4, -0.2) is 63.4 Å². The third kappa shape index (κ3) is 6.09. The fraction of sp³-hybridized carbons (Fsp3) is 0.636. The lowest BCUT2D eigenvalue weighted by Crippen LogP contribution is -2.52. The van der Waals surface area contributed by atoms with E-state index in [4.69, 9.17) is 14.2 Å². The molecule has 1 amide bonds. The largest absolute Gasteiger partial charge is 0.481 e. The monoisotopic (exact) mass is 633 g/mol. The molecule has 3 aliphatic rings. The second-order valence-corrected chi connectivity index (χ2v) is 13.8. The summed E-state index contributed by atoms with van der Waals surface area (Å²) >= 11 is 0. The van der Waals surface area contributed by atoms with Gasteiger partial charge in [0.2, 0.25) is 17.7 Å². The van der Waals surface area contributed by atoms with Crippen LogP contribution < -0.4 is 9.47 Å². The number of likely N-dealkylation sites (tertiary alicyclic amines) is 1. The van der Waals surface area contributed by atoms with Crippen molar-refractivity contribution in [3.63, 3.8) is 0 Å². The van der Waals surface area contributed by atoms with Gasteiger partial charge < -0.3 is 24.2 Å². The number of rotatable bonds is 10. The molecule has 0 spiro atoms. The van der Waals surface area contributed by atoms with Gasteiger partial charge >= 0.3 is 12.1 Å². The summed E-state index contributed by atoms with van der Waals surface area (Å²) in [6.45, 7) is 8.90. The predicted molar refractivity (Wildman–Crippen MR) is 158 cm³/mol. The lowest BCUT2D eigenvalue weighted by molar-refractivity contribution is -0.202. The number of carboxylic acids is 1. The van der Waals surface area contributed by atoms with Crippen molar-refractivity contribution in [1.29, 1.82) is 0 Å². The quantitative estimate of drug-likeness (QED) is 0.317. The van der Waals surface area contributed by atoms with E-state index in [-0.39, 0.29) is 24.2 Å². The van der Waals surface area contributed by atoms with Gasteiger partial charge in [0.05, 0.1) is 32.0 Å². The number of halogens is 3. The Bertz CT molecular complexity index is 1420. The standard InChI is InChI=1S/C33H42F3N3O6/c1-18(2)45-28-22(11-8-14-37-28)24-26(44-17-21-15-20(19-9-7-10-19)16-38-27(21)43-6)23(31(3,4)5)25(29(40)41)39(24)30(42)32(12-13-32)33(34,35)36/h8,11,14-16,18-19,23-26H,7,9-10,12-13,17H2,1-6H3,(H,40,41)/t23-,24+,25+,26+/m1/s1. The molecule has 12 heteroatoms. The number of amides is 1. The summed E-state index contributed by atoms with van der Waals surface area (Å²) in [5, 5.41) is 10.6. The van der Waals surface area contributed by atoms with Crippen LogP contribution in [-0.2, 0) is 20.9 Å². The molecule has 2 aromatic rings. The first-order valence-electron chi connectivity index (χ1n) is 15.5. The van der Waals surface area contributed by atoms with Crippen molar-refractivity contribution in [3.8, 4) is 11.8 Å². The second kappa shape index (κ2) is 12.1. The molecule has 0 aromatic carbocycles. The van der Waals surface area contributed by atoms with E-state index < -0.39 is 65.8 Å². The Morgan fingerprint density at radius 1 is 1.13 bits per heavy atom. The van der Waals surface area contributed by atoms with Crippen LogP contribution >= 0.6 is 0 Å². The summed E-state index contributed by atoms with van der Waals surface area (Å²) in [6.07, 6.45) is -0.582. The summed E-state index contributed by atoms with van der Waals surface area (Å²) in [5.74, 6) is -2.77. The van der Waals surface area contributed by atoms with E-state index in [2.05, 4.69) is 9.97 Å². The Kier molecular flexibility index (Phi) is 8.85. The highest BCUT2D eigenvalue weighted by Crippen LogP contribution is 2.62. The number of ether oxygens (including phenoxy) is 3. The molecule has 1 N–H and O–H groups in total. The van der Waals surface area contributed by atoms with Crippen LogP contribution in [0.15, 0.2) is 30.6 Å². The molecule has 2 aromatic heterocycles. The highest BCUT2D eigenvalue weighted by atomic mass is 19.4. The maximum Gasteiger partial charge on any atom is 0.403 e. The predicted octanol–water partition coefficient (Wildman–Crippen LogP) is 6.47. The number of carbonyl (C=O) groups is 2. The molecule has 1 aliphatic heterocycles.